The van der Waals surface area contributed by atoms with Crippen molar-refractivity contribution >= 4 is 27.9 Å². The molecule has 1 aromatic rings. The number of nitrogens with one attached hydrogen (secondary N) is 2. The minimum atomic E-state index is -0.575. The standard InChI is InChI=1S/C20H25BrN2O4/c1-11-5-4-6-14(9-11)27-19(24)17-12(2)22-20(25)23-18(17)13-7-8-16(26-3)15(21)10-13/h7-8,10-11,14,18H,4-6,9H2,1-3H3,(H2,22,23,25)/t11-,14+,18+/m0/s1. The van der Waals surface area contributed by atoms with Gasteiger partial charge in [-0.3, -0.25) is 0 Å². The van der Waals surface area contributed by atoms with Crippen LogP contribution in [0.15, 0.2) is 33.9 Å². The predicted molar refractivity (Wildman–Crippen MR) is 105 cm³/mol. The van der Waals surface area contributed by atoms with Crippen molar-refractivity contribution in [2.45, 2.75) is 51.7 Å². The van der Waals surface area contributed by atoms with E-state index >= 15 is 0 Å². The Morgan fingerprint density at radius 2 is 2.07 bits per heavy atom. The van der Waals surface area contributed by atoms with Crippen LogP contribution in [-0.2, 0) is 9.53 Å². The van der Waals surface area contributed by atoms with Crippen LogP contribution in [0.2, 0.25) is 0 Å². The second-order valence-corrected chi connectivity index (χ2v) is 8.12. The Balaban J connectivity index is 1.87. The Morgan fingerprint density at radius 1 is 1.30 bits per heavy atom. The van der Waals surface area contributed by atoms with Crippen LogP contribution in [0, 0.1) is 5.92 Å². The second-order valence-electron chi connectivity index (χ2n) is 7.26. The van der Waals surface area contributed by atoms with Gasteiger partial charge in [0.15, 0.2) is 0 Å². The van der Waals surface area contributed by atoms with Crippen molar-refractivity contribution in [1.82, 2.24) is 10.6 Å². The van der Waals surface area contributed by atoms with Crippen molar-refractivity contribution in [2.24, 2.45) is 5.92 Å². The number of allylic oxidation sites excluding steroid dienone is 1. The highest BCUT2D eigenvalue weighted by Crippen LogP contribution is 2.34. The van der Waals surface area contributed by atoms with Gasteiger partial charge in [0.25, 0.3) is 0 Å². The van der Waals surface area contributed by atoms with E-state index in [-0.39, 0.29) is 18.1 Å². The molecule has 146 valence electrons. The van der Waals surface area contributed by atoms with Crippen LogP contribution in [-0.4, -0.2) is 25.2 Å². The Labute approximate surface area is 167 Å². The van der Waals surface area contributed by atoms with Crippen molar-refractivity contribution in [3.05, 3.63) is 39.5 Å². The zero-order valence-corrected chi connectivity index (χ0v) is 17.4. The lowest BCUT2D eigenvalue weighted by molar-refractivity contribution is -0.146. The number of urea groups is 1. The molecule has 0 bridgehead atoms. The average molecular weight is 437 g/mol. The Kier molecular flexibility index (Phi) is 6.09. The number of ether oxygens (including phenoxy) is 2. The van der Waals surface area contributed by atoms with E-state index in [0.29, 0.717) is 22.9 Å². The first-order valence-electron chi connectivity index (χ1n) is 9.21. The summed E-state index contributed by atoms with van der Waals surface area (Å²) >= 11 is 3.46. The summed E-state index contributed by atoms with van der Waals surface area (Å²) in [6.07, 6.45) is 3.96. The summed E-state index contributed by atoms with van der Waals surface area (Å²) in [6.45, 7) is 3.91. The smallest absolute Gasteiger partial charge is 0.338 e. The molecule has 2 amide bonds. The van der Waals surface area contributed by atoms with Crippen molar-refractivity contribution in [2.75, 3.05) is 7.11 Å². The summed E-state index contributed by atoms with van der Waals surface area (Å²) in [4.78, 5) is 25.0. The zero-order chi connectivity index (χ0) is 19.6. The molecule has 0 spiro atoms. The molecule has 7 heteroatoms. The largest absolute Gasteiger partial charge is 0.496 e. The highest BCUT2D eigenvalue weighted by molar-refractivity contribution is 9.10. The highest BCUT2D eigenvalue weighted by Gasteiger charge is 2.34. The topological polar surface area (TPSA) is 76.7 Å². The van der Waals surface area contributed by atoms with E-state index in [1.807, 2.05) is 12.1 Å². The van der Waals surface area contributed by atoms with Crippen molar-refractivity contribution in [1.29, 1.82) is 0 Å². The minimum absolute atomic E-state index is 0.0672. The highest BCUT2D eigenvalue weighted by atomic mass is 79.9. The SMILES string of the molecule is COc1ccc([C@H]2NC(=O)NC(C)=C2C(=O)O[C@@H]2CCC[C@H](C)C2)cc1Br. The van der Waals surface area contributed by atoms with Gasteiger partial charge in [0.1, 0.15) is 11.9 Å². The van der Waals surface area contributed by atoms with Gasteiger partial charge in [-0.05, 0) is 65.7 Å². The molecule has 0 unspecified atom stereocenters. The third-order valence-corrected chi connectivity index (χ3v) is 5.78. The molecule has 2 N–H and O–H groups in total. The number of hydrogen-bond donors (Lipinski definition) is 2. The normalized spacial score (nSPS) is 25.5. The van der Waals surface area contributed by atoms with E-state index in [0.717, 1.165) is 29.3 Å². The molecule has 1 aliphatic carbocycles. The summed E-state index contributed by atoms with van der Waals surface area (Å²) < 4.78 is 11.8. The molecule has 6 nitrogen and oxygen atoms in total. The van der Waals surface area contributed by atoms with Crippen LogP contribution in [0.3, 0.4) is 0 Å². The third-order valence-electron chi connectivity index (χ3n) is 5.16. The van der Waals surface area contributed by atoms with Crippen molar-refractivity contribution in [3.8, 4) is 5.75 Å². The molecule has 1 fully saturated rings. The molecule has 1 aliphatic heterocycles. The van der Waals surface area contributed by atoms with E-state index in [4.69, 9.17) is 9.47 Å². The zero-order valence-electron chi connectivity index (χ0n) is 15.8. The first kappa shape index (κ1) is 19.7. The monoisotopic (exact) mass is 436 g/mol. The van der Waals surface area contributed by atoms with Crippen LogP contribution < -0.4 is 15.4 Å². The fourth-order valence-corrected chi connectivity index (χ4v) is 4.34. The van der Waals surface area contributed by atoms with E-state index in [9.17, 15) is 9.59 Å². The number of carbonyl (C=O) groups excluding carboxylic acids is 2. The van der Waals surface area contributed by atoms with Gasteiger partial charge in [-0.1, -0.05) is 19.4 Å². The van der Waals surface area contributed by atoms with Crippen LogP contribution in [0.5, 0.6) is 5.75 Å². The predicted octanol–water partition coefficient (Wildman–Crippen LogP) is 4.21. The fourth-order valence-electron chi connectivity index (χ4n) is 3.78. The summed E-state index contributed by atoms with van der Waals surface area (Å²) in [6, 6.07) is 4.57. The molecule has 1 saturated carbocycles. The summed E-state index contributed by atoms with van der Waals surface area (Å²) in [5, 5.41) is 5.52. The minimum Gasteiger partial charge on any atom is -0.496 e. The second kappa shape index (κ2) is 8.33. The molecule has 1 aromatic carbocycles. The van der Waals surface area contributed by atoms with E-state index in [1.165, 1.54) is 6.42 Å². The van der Waals surface area contributed by atoms with Gasteiger partial charge in [-0.25, -0.2) is 9.59 Å². The van der Waals surface area contributed by atoms with E-state index in [2.05, 4.69) is 33.5 Å². The van der Waals surface area contributed by atoms with Gasteiger partial charge in [0, 0.05) is 5.70 Å². The third kappa shape index (κ3) is 4.46. The average Bonchev–Trinajstić information content (AvgIpc) is 2.60. The number of methoxy groups -OCH3 is 1. The number of halogens is 1. The molecular formula is C20H25BrN2O4. The summed E-state index contributed by atoms with van der Waals surface area (Å²) in [7, 11) is 1.59. The first-order valence-corrected chi connectivity index (χ1v) is 10.0. The maximum Gasteiger partial charge on any atom is 0.338 e. The maximum absolute atomic E-state index is 13.0. The molecule has 0 saturated heterocycles. The van der Waals surface area contributed by atoms with Crippen LogP contribution in [0.25, 0.3) is 0 Å². The Morgan fingerprint density at radius 3 is 2.74 bits per heavy atom. The number of esters is 1. The van der Waals surface area contributed by atoms with E-state index < -0.39 is 6.04 Å². The number of amides is 2. The van der Waals surface area contributed by atoms with Gasteiger partial charge in [-0.2, -0.15) is 0 Å². The fraction of sp³-hybridized carbons (Fsp3) is 0.500. The van der Waals surface area contributed by atoms with Crippen LogP contribution >= 0.6 is 15.9 Å². The molecule has 3 atom stereocenters. The van der Waals surface area contributed by atoms with Crippen molar-refractivity contribution < 1.29 is 19.1 Å². The first-order chi connectivity index (χ1) is 12.9. The van der Waals surface area contributed by atoms with Crippen LogP contribution in [0.1, 0.15) is 51.1 Å². The van der Waals surface area contributed by atoms with Gasteiger partial charge in [0.2, 0.25) is 0 Å². The van der Waals surface area contributed by atoms with Gasteiger partial charge in [0.05, 0.1) is 23.2 Å². The Hall–Kier alpha value is -2.02. The van der Waals surface area contributed by atoms with Gasteiger partial charge in [-0.15, -0.1) is 0 Å². The molecule has 27 heavy (non-hydrogen) atoms. The van der Waals surface area contributed by atoms with Gasteiger partial charge >= 0.3 is 12.0 Å². The van der Waals surface area contributed by atoms with Crippen LogP contribution in [0.4, 0.5) is 4.79 Å². The molecule has 2 aliphatic rings. The number of hydrogen-bond acceptors (Lipinski definition) is 4. The lowest BCUT2D eigenvalue weighted by Gasteiger charge is -2.31. The quantitative estimate of drug-likeness (QED) is 0.693. The molecule has 3 rings (SSSR count). The summed E-state index contributed by atoms with van der Waals surface area (Å²) in [5.74, 6) is 0.861. The molecule has 0 radical (unpaired) electrons. The van der Waals surface area contributed by atoms with E-state index in [1.54, 1.807) is 20.1 Å². The lowest BCUT2D eigenvalue weighted by atomic mass is 9.88. The van der Waals surface area contributed by atoms with Crippen molar-refractivity contribution in [3.63, 3.8) is 0 Å². The molecule has 0 aromatic heterocycles. The summed E-state index contributed by atoms with van der Waals surface area (Å²) in [5.41, 5.74) is 1.73. The number of benzene rings is 1. The lowest BCUT2D eigenvalue weighted by Crippen LogP contribution is -2.45. The molecule has 1 heterocycles. The maximum atomic E-state index is 13.0. The number of rotatable bonds is 4. The number of carbonyl (C=O) groups is 2. The molecular weight excluding hydrogens is 412 g/mol. The van der Waals surface area contributed by atoms with Gasteiger partial charge < -0.3 is 20.1 Å². The Bertz CT molecular complexity index is 777.